The van der Waals surface area contributed by atoms with Gasteiger partial charge in [0.05, 0.1) is 13.2 Å². The minimum atomic E-state index is -1.00. The quantitative estimate of drug-likeness (QED) is 0.288. The van der Waals surface area contributed by atoms with Gasteiger partial charge in [0.15, 0.2) is 12.1 Å². The molecule has 0 saturated carbocycles. The summed E-state index contributed by atoms with van der Waals surface area (Å²) in [6, 6.07) is -1.11. The smallest absolute Gasteiger partial charge is 0.214 e. The Bertz CT molecular complexity index is 430. The van der Waals surface area contributed by atoms with E-state index in [1.54, 1.807) is 0 Å². The molecule has 0 aromatic carbocycles. The summed E-state index contributed by atoms with van der Waals surface area (Å²) in [5, 5.41) is 29.6. The van der Waals surface area contributed by atoms with Crippen molar-refractivity contribution in [1.29, 1.82) is 0 Å². The van der Waals surface area contributed by atoms with Crippen LogP contribution in [0.4, 0.5) is 0 Å². The maximum absolute atomic E-state index is 10.4. The molecule has 0 amide bonds. The van der Waals surface area contributed by atoms with Crippen LogP contribution in [0.5, 0.6) is 0 Å². The average molecular weight is 384 g/mol. The highest BCUT2D eigenvalue weighted by molar-refractivity contribution is 4.94. The van der Waals surface area contributed by atoms with Gasteiger partial charge in [0, 0.05) is 21.3 Å². The van der Waals surface area contributed by atoms with Gasteiger partial charge in [-0.25, -0.2) is 0 Å². The van der Waals surface area contributed by atoms with E-state index < -0.39 is 61.3 Å². The van der Waals surface area contributed by atoms with Crippen molar-refractivity contribution in [3.63, 3.8) is 0 Å². The fourth-order valence-corrected chi connectivity index (χ4v) is 3.51. The minimum absolute atomic E-state index is 0.335. The summed E-state index contributed by atoms with van der Waals surface area (Å²) in [6.45, 7) is -0.692. The molecule has 11 heteroatoms. The predicted octanol–water partition coefficient (Wildman–Crippen LogP) is -4.94. The summed E-state index contributed by atoms with van der Waals surface area (Å²) in [5.41, 5.74) is 7.90. The van der Waals surface area contributed by atoms with Crippen molar-refractivity contribution in [3.8, 4) is 0 Å². The zero-order valence-electron chi connectivity index (χ0n) is 15.4. The Hall–Kier alpha value is -0.440. The summed E-state index contributed by atoms with van der Waals surface area (Å²) >= 11 is 0. The van der Waals surface area contributed by atoms with Gasteiger partial charge in [-0.2, -0.15) is 0 Å². The third-order valence-corrected chi connectivity index (χ3v) is 5.00. The van der Waals surface area contributed by atoms with Crippen LogP contribution in [0.3, 0.4) is 0 Å². The van der Waals surface area contributed by atoms with E-state index in [9.17, 15) is 15.3 Å². The Morgan fingerprint density at radius 2 is 1.31 bits per heavy atom. The lowest BCUT2D eigenvalue weighted by atomic mass is 9.95. The molecule has 2 fully saturated rings. The fraction of sp³-hybridized carbons (Fsp3) is 1.00. The van der Waals surface area contributed by atoms with Gasteiger partial charge in [0.1, 0.15) is 36.6 Å². The second-order valence-electron chi connectivity index (χ2n) is 6.51. The van der Waals surface area contributed by atoms with Crippen molar-refractivity contribution in [2.24, 2.45) is 0 Å². The SMILES string of the molecule is COC1OC(CO)C(OC2OC(CO)C(OC)C(O)C2[NH3+])C(OC)C1[NH3+]. The first kappa shape index (κ1) is 21.9. The standard InChI is InChI=1S/C15H30N2O9/c1-21-11-6(4-18)25-15(8(16)10(11)20)26-12-7(5-19)24-14(23-3)9(17)13(12)22-2/h6-15,18-20H,4-5,16-17H2,1-3H3/p+2. The molecule has 0 aromatic heterocycles. The highest BCUT2D eigenvalue weighted by Crippen LogP contribution is 2.29. The van der Waals surface area contributed by atoms with Crippen LogP contribution >= 0.6 is 0 Å². The summed E-state index contributed by atoms with van der Waals surface area (Å²) in [4.78, 5) is 0. The van der Waals surface area contributed by atoms with Crippen molar-refractivity contribution in [1.82, 2.24) is 0 Å². The Morgan fingerprint density at radius 1 is 0.769 bits per heavy atom. The molecule has 11 nitrogen and oxygen atoms in total. The van der Waals surface area contributed by atoms with Gasteiger partial charge in [-0.05, 0) is 0 Å². The number of quaternary nitrogens is 2. The Balaban J connectivity index is 2.18. The Morgan fingerprint density at radius 3 is 1.81 bits per heavy atom. The van der Waals surface area contributed by atoms with E-state index in [0.29, 0.717) is 0 Å². The lowest BCUT2D eigenvalue weighted by molar-refractivity contribution is -0.524. The van der Waals surface area contributed by atoms with E-state index in [1.807, 2.05) is 0 Å². The largest absolute Gasteiger partial charge is 0.394 e. The first-order valence-electron chi connectivity index (χ1n) is 8.54. The lowest BCUT2D eigenvalue weighted by Gasteiger charge is -2.45. The molecule has 2 aliphatic rings. The second-order valence-corrected chi connectivity index (χ2v) is 6.51. The molecular weight excluding hydrogens is 352 g/mol. The van der Waals surface area contributed by atoms with E-state index in [-0.39, 0.29) is 13.2 Å². The number of methoxy groups -OCH3 is 3. The van der Waals surface area contributed by atoms with Crippen molar-refractivity contribution >= 4 is 0 Å². The first-order chi connectivity index (χ1) is 12.4. The van der Waals surface area contributed by atoms with Crippen LogP contribution in [0.25, 0.3) is 0 Å². The molecule has 0 aliphatic carbocycles. The molecule has 2 rings (SSSR count). The molecule has 0 spiro atoms. The average Bonchev–Trinajstić information content (AvgIpc) is 2.65. The molecule has 2 heterocycles. The minimum Gasteiger partial charge on any atom is -0.394 e. The Kier molecular flexibility index (Phi) is 8.12. The number of rotatable bonds is 7. The van der Waals surface area contributed by atoms with Crippen LogP contribution in [-0.4, -0.2) is 111 Å². The van der Waals surface area contributed by atoms with Crippen LogP contribution in [0, 0.1) is 0 Å². The van der Waals surface area contributed by atoms with Crippen molar-refractivity contribution < 1.29 is 55.2 Å². The van der Waals surface area contributed by atoms with E-state index >= 15 is 0 Å². The monoisotopic (exact) mass is 384 g/mol. The van der Waals surface area contributed by atoms with E-state index in [0.717, 1.165) is 0 Å². The third-order valence-electron chi connectivity index (χ3n) is 5.00. The molecule has 0 bridgehead atoms. The van der Waals surface area contributed by atoms with Crippen LogP contribution in [0.2, 0.25) is 0 Å². The third kappa shape index (κ3) is 4.18. The number of aliphatic hydroxyl groups is 3. The Labute approximate surface area is 152 Å². The summed E-state index contributed by atoms with van der Waals surface area (Å²) in [5.74, 6) is 0. The van der Waals surface area contributed by atoms with Crippen molar-refractivity contribution in [2.45, 2.75) is 61.3 Å². The topological polar surface area (TPSA) is 171 Å². The van der Waals surface area contributed by atoms with E-state index in [4.69, 9.17) is 28.4 Å². The zero-order valence-corrected chi connectivity index (χ0v) is 15.4. The predicted molar refractivity (Wildman–Crippen MR) is 84.3 cm³/mol. The van der Waals surface area contributed by atoms with Crippen molar-refractivity contribution in [3.05, 3.63) is 0 Å². The highest BCUT2D eigenvalue weighted by Gasteiger charge is 2.53. The molecule has 26 heavy (non-hydrogen) atoms. The van der Waals surface area contributed by atoms with E-state index in [1.165, 1.54) is 21.3 Å². The molecule has 0 radical (unpaired) electrons. The molecule has 9 N–H and O–H groups in total. The van der Waals surface area contributed by atoms with Crippen LogP contribution < -0.4 is 11.5 Å². The first-order valence-corrected chi connectivity index (χ1v) is 8.54. The number of aliphatic hydroxyl groups excluding tert-OH is 3. The summed E-state index contributed by atoms with van der Waals surface area (Å²) < 4.78 is 33.4. The van der Waals surface area contributed by atoms with Crippen molar-refractivity contribution in [2.75, 3.05) is 34.5 Å². The number of ether oxygens (including phenoxy) is 6. The van der Waals surface area contributed by atoms with Gasteiger partial charge in [-0.15, -0.1) is 0 Å². The molecule has 0 aromatic rings. The maximum Gasteiger partial charge on any atom is 0.214 e. The second kappa shape index (κ2) is 9.66. The van der Waals surface area contributed by atoms with Gasteiger partial charge in [-0.1, -0.05) is 0 Å². The summed E-state index contributed by atoms with van der Waals surface area (Å²) in [7, 11) is 4.40. The maximum atomic E-state index is 10.4. The van der Waals surface area contributed by atoms with Gasteiger partial charge >= 0.3 is 0 Å². The number of hydrogen-bond acceptors (Lipinski definition) is 9. The number of hydrogen-bond donors (Lipinski definition) is 5. The van der Waals surface area contributed by atoms with E-state index in [2.05, 4.69) is 11.5 Å². The molecule has 10 atom stereocenters. The van der Waals surface area contributed by atoms with Crippen LogP contribution in [0.1, 0.15) is 0 Å². The van der Waals surface area contributed by atoms with Crippen LogP contribution in [0.15, 0.2) is 0 Å². The van der Waals surface area contributed by atoms with Gasteiger partial charge in [-0.3, -0.25) is 0 Å². The molecule has 154 valence electrons. The normalized spacial score (nSPS) is 47.1. The highest BCUT2D eigenvalue weighted by atomic mass is 16.7. The lowest BCUT2D eigenvalue weighted by Crippen LogP contribution is -2.81. The van der Waals surface area contributed by atoms with Gasteiger partial charge < -0.3 is 55.2 Å². The molecule has 2 aliphatic heterocycles. The summed E-state index contributed by atoms with van der Waals surface area (Å²) in [6.07, 6.45) is -6.16. The van der Waals surface area contributed by atoms with Gasteiger partial charge in [0.25, 0.3) is 0 Å². The molecule has 2 saturated heterocycles. The van der Waals surface area contributed by atoms with Crippen LogP contribution in [-0.2, 0) is 28.4 Å². The zero-order chi connectivity index (χ0) is 19.4. The fourth-order valence-electron chi connectivity index (χ4n) is 3.51. The van der Waals surface area contributed by atoms with Gasteiger partial charge in [0.2, 0.25) is 12.6 Å². The molecule has 10 unspecified atom stereocenters. The molecular formula is C15H32N2O9+2.